The zero-order valence-corrected chi connectivity index (χ0v) is 21.7. The van der Waals surface area contributed by atoms with E-state index in [2.05, 4.69) is 34.3 Å². The number of halogens is 1. The Morgan fingerprint density at radius 1 is 1.11 bits per heavy atom. The van der Waals surface area contributed by atoms with Gasteiger partial charge in [0.05, 0.1) is 12.7 Å². The fourth-order valence-corrected chi connectivity index (χ4v) is 4.14. The number of rotatable bonds is 6. The van der Waals surface area contributed by atoms with Crippen molar-refractivity contribution in [1.29, 1.82) is 0 Å². The SMILES string of the molecule is CNc1cccc(-c2nncn2C(C)C)n1.COc1cc2c(cc1C=O)CN(C(=O)c1ccc(F)cc1)C2. The first kappa shape index (κ1) is 26.5. The number of pyridine rings is 1. The molecule has 0 spiro atoms. The number of aldehydes is 1. The maximum Gasteiger partial charge on any atom is 0.254 e. The van der Waals surface area contributed by atoms with E-state index in [-0.39, 0.29) is 11.7 Å². The Labute approximate surface area is 220 Å². The average molecular weight is 517 g/mol. The van der Waals surface area contributed by atoms with Crippen molar-refractivity contribution in [2.75, 3.05) is 19.5 Å². The lowest BCUT2D eigenvalue weighted by Gasteiger charge is -2.15. The van der Waals surface area contributed by atoms with Crippen LogP contribution in [0.5, 0.6) is 5.75 Å². The van der Waals surface area contributed by atoms with Gasteiger partial charge in [0.25, 0.3) is 5.91 Å². The number of carbonyl (C=O) groups excluding carboxylic acids is 2. The normalized spacial score (nSPS) is 12.0. The molecule has 0 radical (unpaired) electrons. The molecule has 0 bridgehead atoms. The van der Waals surface area contributed by atoms with Gasteiger partial charge in [0.1, 0.15) is 29.4 Å². The van der Waals surface area contributed by atoms with Crippen molar-refractivity contribution in [3.8, 4) is 17.3 Å². The Morgan fingerprint density at radius 3 is 2.45 bits per heavy atom. The Kier molecular flexibility index (Phi) is 8.10. The summed E-state index contributed by atoms with van der Waals surface area (Å²) in [5.41, 5.74) is 3.63. The van der Waals surface area contributed by atoms with Gasteiger partial charge in [-0.15, -0.1) is 10.2 Å². The van der Waals surface area contributed by atoms with E-state index >= 15 is 0 Å². The third kappa shape index (κ3) is 5.69. The fourth-order valence-electron chi connectivity index (χ4n) is 4.14. The number of hydrogen-bond acceptors (Lipinski definition) is 7. The molecule has 0 atom stereocenters. The summed E-state index contributed by atoms with van der Waals surface area (Å²) in [4.78, 5) is 29.6. The first-order valence-electron chi connectivity index (χ1n) is 12.1. The van der Waals surface area contributed by atoms with Gasteiger partial charge in [0.2, 0.25) is 0 Å². The molecule has 4 aromatic rings. The highest BCUT2D eigenvalue weighted by atomic mass is 19.1. The van der Waals surface area contributed by atoms with E-state index in [1.54, 1.807) is 23.4 Å². The number of methoxy groups -OCH3 is 1. The molecule has 38 heavy (non-hydrogen) atoms. The highest BCUT2D eigenvalue weighted by Crippen LogP contribution is 2.30. The number of hydrogen-bond donors (Lipinski definition) is 1. The van der Waals surface area contributed by atoms with E-state index in [4.69, 9.17) is 4.74 Å². The summed E-state index contributed by atoms with van der Waals surface area (Å²) in [6.07, 6.45) is 2.47. The van der Waals surface area contributed by atoms with Crippen molar-refractivity contribution >= 4 is 18.0 Å². The number of amides is 1. The highest BCUT2D eigenvalue weighted by molar-refractivity contribution is 5.94. The van der Waals surface area contributed by atoms with Crippen molar-refractivity contribution in [2.24, 2.45) is 0 Å². The van der Waals surface area contributed by atoms with E-state index in [9.17, 15) is 14.0 Å². The fraction of sp³-hybridized carbons (Fsp3) is 0.250. The predicted octanol–water partition coefficient (Wildman–Crippen LogP) is 4.77. The van der Waals surface area contributed by atoms with Crippen LogP contribution in [0.15, 0.2) is 60.9 Å². The molecule has 2 aromatic carbocycles. The molecule has 2 aromatic heterocycles. The van der Waals surface area contributed by atoms with Crippen LogP contribution in [0.2, 0.25) is 0 Å². The summed E-state index contributed by atoms with van der Waals surface area (Å²) in [7, 11) is 3.35. The number of benzene rings is 2. The lowest BCUT2D eigenvalue weighted by Crippen LogP contribution is -2.25. The minimum Gasteiger partial charge on any atom is -0.496 e. The Balaban J connectivity index is 0.000000186. The Bertz CT molecular complexity index is 1440. The molecule has 10 heteroatoms. The standard InChI is InChI=1S/C17H14FNO3.C11H15N5/c1-22-16-7-13-9-19(8-12(13)6-14(16)10-20)17(21)11-2-4-15(18)5-3-11;1-8(2)16-7-13-15-11(16)9-5-4-6-10(12-3)14-9/h2-7,10H,8-9H2,1H3;4-8H,1-3H3,(H,12,14). The molecule has 5 rings (SSSR count). The molecular formula is C28H29FN6O3. The molecule has 0 saturated heterocycles. The molecule has 1 N–H and O–H groups in total. The van der Waals surface area contributed by atoms with Crippen molar-refractivity contribution in [1.82, 2.24) is 24.6 Å². The minimum absolute atomic E-state index is 0.164. The van der Waals surface area contributed by atoms with Crippen LogP contribution in [0, 0.1) is 5.82 Å². The van der Waals surface area contributed by atoms with Gasteiger partial charge in [-0.3, -0.25) is 9.59 Å². The Morgan fingerprint density at radius 2 is 1.82 bits per heavy atom. The molecular weight excluding hydrogens is 487 g/mol. The summed E-state index contributed by atoms with van der Waals surface area (Å²) in [5.74, 6) is 1.59. The number of nitrogens with zero attached hydrogens (tertiary/aromatic N) is 5. The third-order valence-electron chi connectivity index (χ3n) is 6.14. The topological polar surface area (TPSA) is 102 Å². The van der Waals surface area contributed by atoms with Crippen molar-refractivity contribution in [3.05, 3.63) is 89.0 Å². The van der Waals surface area contributed by atoms with Gasteiger partial charge in [0, 0.05) is 31.7 Å². The first-order valence-corrected chi connectivity index (χ1v) is 12.1. The van der Waals surface area contributed by atoms with Crippen LogP contribution in [-0.4, -0.2) is 51.0 Å². The molecule has 3 heterocycles. The lowest BCUT2D eigenvalue weighted by molar-refractivity contribution is 0.0751. The monoisotopic (exact) mass is 516 g/mol. The van der Waals surface area contributed by atoms with E-state index in [1.165, 1.54) is 31.4 Å². The van der Waals surface area contributed by atoms with Crippen LogP contribution in [0.4, 0.5) is 10.2 Å². The van der Waals surface area contributed by atoms with Gasteiger partial charge >= 0.3 is 0 Å². The van der Waals surface area contributed by atoms with Crippen LogP contribution in [0.25, 0.3) is 11.5 Å². The first-order chi connectivity index (χ1) is 18.3. The second-order valence-electron chi connectivity index (χ2n) is 8.96. The van der Waals surface area contributed by atoms with Crippen LogP contribution in [0.1, 0.15) is 51.7 Å². The van der Waals surface area contributed by atoms with E-state index in [0.29, 0.717) is 36.0 Å². The van der Waals surface area contributed by atoms with Crippen LogP contribution >= 0.6 is 0 Å². The molecule has 196 valence electrons. The number of anilines is 1. The molecule has 1 aliphatic rings. The second-order valence-corrected chi connectivity index (χ2v) is 8.96. The quantitative estimate of drug-likeness (QED) is 0.369. The number of aromatic nitrogens is 4. The number of ether oxygens (including phenoxy) is 1. The lowest BCUT2D eigenvalue weighted by atomic mass is 10.1. The van der Waals surface area contributed by atoms with E-state index in [0.717, 1.165) is 34.7 Å². The average Bonchev–Trinajstić information content (AvgIpc) is 3.60. The summed E-state index contributed by atoms with van der Waals surface area (Å²) >= 11 is 0. The summed E-state index contributed by atoms with van der Waals surface area (Å²) < 4.78 is 20.1. The number of nitrogens with one attached hydrogen (secondary N) is 1. The highest BCUT2D eigenvalue weighted by Gasteiger charge is 2.26. The van der Waals surface area contributed by atoms with Gasteiger partial charge in [-0.05, 0) is 73.5 Å². The molecule has 0 unspecified atom stereocenters. The van der Waals surface area contributed by atoms with Gasteiger partial charge in [0.15, 0.2) is 12.1 Å². The Hall–Kier alpha value is -4.60. The van der Waals surface area contributed by atoms with Gasteiger partial charge in [-0.25, -0.2) is 9.37 Å². The molecule has 9 nitrogen and oxygen atoms in total. The third-order valence-corrected chi connectivity index (χ3v) is 6.14. The van der Waals surface area contributed by atoms with Gasteiger partial charge in [-0.2, -0.15) is 0 Å². The zero-order chi connectivity index (χ0) is 27.2. The van der Waals surface area contributed by atoms with Crippen molar-refractivity contribution in [2.45, 2.75) is 33.0 Å². The zero-order valence-electron chi connectivity index (χ0n) is 21.7. The van der Waals surface area contributed by atoms with Crippen LogP contribution < -0.4 is 10.1 Å². The largest absolute Gasteiger partial charge is 0.496 e. The van der Waals surface area contributed by atoms with E-state index < -0.39 is 0 Å². The summed E-state index contributed by atoms with van der Waals surface area (Å²) in [6, 6.07) is 15.1. The maximum atomic E-state index is 12.9. The number of carbonyl (C=O) groups is 2. The molecule has 0 fully saturated rings. The van der Waals surface area contributed by atoms with Crippen LogP contribution in [0.3, 0.4) is 0 Å². The predicted molar refractivity (Wildman–Crippen MR) is 142 cm³/mol. The van der Waals surface area contributed by atoms with Crippen molar-refractivity contribution in [3.63, 3.8) is 0 Å². The van der Waals surface area contributed by atoms with Crippen LogP contribution in [-0.2, 0) is 13.1 Å². The molecule has 1 aliphatic heterocycles. The van der Waals surface area contributed by atoms with Gasteiger partial charge in [-0.1, -0.05) is 6.07 Å². The molecule has 1 amide bonds. The van der Waals surface area contributed by atoms with Crippen molar-refractivity contribution < 1.29 is 18.7 Å². The number of fused-ring (bicyclic) bond motifs is 1. The maximum absolute atomic E-state index is 12.9. The summed E-state index contributed by atoms with van der Waals surface area (Å²) in [6.45, 7) is 5.06. The second kappa shape index (κ2) is 11.6. The van der Waals surface area contributed by atoms with E-state index in [1.807, 2.05) is 29.8 Å². The summed E-state index contributed by atoms with van der Waals surface area (Å²) in [5, 5.41) is 11.0. The smallest absolute Gasteiger partial charge is 0.254 e. The van der Waals surface area contributed by atoms with Gasteiger partial charge < -0.3 is 19.5 Å². The molecule has 0 aliphatic carbocycles. The molecule has 0 saturated carbocycles. The minimum atomic E-state index is -0.374.